The molecule has 2 rings (SSSR count). The van der Waals surface area contributed by atoms with Gasteiger partial charge in [0.25, 0.3) is 0 Å². The molecule has 0 unspecified atom stereocenters. The molecule has 1 aromatic heterocycles. The van der Waals surface area contributed by atoms with Gasteiger partial charge in [-0.15, -0.1) is 0 Å². The molecule has 0 spiro atoms. The fourth-order valence-corrected chi connectivity index (χ4v) is 1.84. The Hall–Kier alpha value is -2.41. The molecule has 0 aliphatic heterocycles. The Labute approximate surface area is 116 Å². The third-order valence-corrected chi connectivity index (χ3v) is 2.81. The van der Waals surface area contributed by atoms with E-state index in [4.69, 9.17) is 15.5 Å². The van der Waals surface area contributed by atoms with Crippen LogP contribution >= 0.6 is 0 Å². The maximum atomic E-state index is 8.75. The van der Waals surface area contributed by atoms with Crippen LogP contribution in [0.4, 0.5) is 0 Å². The highest BCUT2D eigenvalue weighted by molar-refractivity contribution is 5.98. The molecule has 7 heteroatoms. The Morgan fingerprint density at radius 3 is 2.95 bits per heavy atom. The number of aryl methyl sites for hydroxylation is 1. The SMILES string of the molecule is Cc1nc(CCNCc2ccccc2/C(N)=N/O)no1. The third-order valence-electron chi connectivity index (χ3n) is 2.81. The Morgan fingerprint density at radius 2 is 2.25 bits per heavy atom. The van der Waals surface area contributed by atoms with Gasteiger partial charge in [0.05, 0.1) is 0 Å². The molecule has 1 aromatic carbocycles. The van der Waals surface area contributed by atoms with E-state index in [9.17, 15) is 0 Å². The highest BCUT2D eigenvalue weighted by Gasteiger charge is 2.06. The number of nitrogens with zero attached hydrogens (tertiary/aromatic N) is 3. The average molecular weight is 275 g/mol. The molecule has 0 saturated heterocycles. The van der Waals surface area contributed by atoms with E-state index in [0.29, 0.717) is 31.2 Å². The van der Waals surface area contributed by atoms with E-state index in [2.05, 4.69) is 20.6 Å². The maximum Gasteiger partial charge on any atom is 0.223 e. The van der Waals surface area contributed by atoms with Gasteiger partial charge in [-0.3, -0.25) is 0 Å². The van der Waals surface area contributed by atoms with Gasteiger partial charge in [-0.1, -0.05) is 34.6 Å². The Morgan fingerprint density at radius 1 is 1.45 bits per heavy atom. The standard InChI is InChI=1S/C13H17N5O2/c1-9-16-12(18-20-9)6-7-15-8-10-4-2-3-5-11(10)13(14)17-19/h2-5,15,19H,6-8H2,1H3,(H2,14,17). The number of hydrogen-bond acceptors (Lipinski definition) is 6. The quantitative estimate of drug-likeness (QED) is 0.236. The molecule has 0 aliphatic carbocycles. The van der Waals surface area contributed by atoms with Crippen molar-refractivity contribution < 1.29 is 9.73 Å². The van der Waals surface area contributed by atoms with E-state index < -0.39 is 0 Å². The fourth-order valence-electron chi connectivity index (χ4n) is 1.84. The van der Waals surface area contributed by atoms with Crippen LogP contribution in [0, 0.1) is 6.92 Å². The Bertz CT molecular complexity index is 594. The van der Waals surface area contributed by atoms with E-state index >= 15 is 0 Å². The summed E-state index contributed by atoms with van der Waals surface area (Å²) < 4.78 is 4.90. The van der Waals surface area contributed by atoms with Crippen molar-refractivity contribution in [3.8, 4) is 0 Å². The van der Waals surface area contributed by atoms with Gasteiger partial charge in [-0.2, -0.15) is 4.98 Å². The summed E-state index contributed by atoms with van der Waals surface area (Å²) in [5.41, 5.74) is 7.32. The maximum absolute atomic E-state index is 8.75. The molecule has 20 heavy (non-hydrogen) atoms. The summed E-state index contributed by atoms with van der Waals surface area (Å²) >= 11 is 0. The van der Waals surface area contributed by atoms with Gasteiger partial charge in [0.1, 0.15) is 0 Å². The van der Waals surface area contributed by atoms with Crippen LogP contribution in [0.3, 0.4) is 0 Å². The lowest BCUT2D eigenvalue weighted by molar-refractivity contribution is 0.318. The molecular weight excluding hydrogens is 258 g/mol. The minimum absolute atomic E-state index is 0.108. The number of amidine groups is 1. The molecule has 0 aliphatic rings. The average Bonchev–Trinajstić information content (AvgIpc) is 2.89. The third kappa shape index (κ3) is 3.55. The molecule has 4 N–H and O–H groups in total. The number of rotatable bonds is 6. The monoisotopic (exact) mass is 275 g/mol. The minimum atomic E-state index is 0.108. The molecule has 2 aromatic rings. The Kier molecular flexibility index (Phi) is 4.67. The van der Waals surface area contributed by atoms with Crippen molar-refractivity contribution in [1.29, 1.82) is 0 Å². The fraction of sp³-hybridized carbons (Fsp3) is 0.308. The predicted octanol–water partition coefficient (Wildman–Crippen LogP) is 0.805. The molecule has 0 fully saturated rings. The van der Waals surface area contributed by atoms with Crippen molar-refractivity contribution in [1.82, 2.24) is 15.5 Å². The van der Waals surface area contributed by atoms with E-state index in [1.165, 1.54) is 0 Å². The van der Waals surface area contributed by atoms with Crippen molar-refractivity contribution in [3.63, 3.8) is 0 Å². The van der Waals surface area contributed by atoms with Crippen molar-refractivity contribution in [2.45, 2.75) is 19.9 Å². The van der Waals surface area contributed by atoms with Crippen LogP contribution in [0.5, 0.6) is 0 Å². The van der Waals surface area contributed by atoms with Crippen molar-refractivity contribution in [3.05, 3.63) is 47.1 Å². The largest absolute Gasteiger partial charge is 0.409 e. The van der Waals surface area contributed by atoms with Gasteiger partial charge < -0.3 is 20.8 Å². The second-order valence-electron chi connectivity index (χ2n) is 4.30. The first kappa shape index (κ1) is 14.0. The first-order chi connectivity index (χ1) is 9.70. The first-order valence-electron chi connectivity index (χ1n) is 6.26. The highest BCUT2D eigenvalue weighted by atomic mass is 16.5. The van der Waals surface area contributed by atoms with Gasteiger partial charge in [0.2, 0.25) is 5.89 Å². The molecule has 0 bridgehead atoms. The number of benzene rings is 1. The zero-order valence-corrected chi connectivity index (χ0v) is 11.2. The van der Waals surface area contributed by atoms with Gasteiger partial charge in [-0.05, 0) is 5.56 Å². The lowest BCUT2D eigenvalue weighted by Crippen LogP contribution is -2.21. The zero-order chi connectivity index (χ0) is 14.4. The van der Waals surface area contributed by atoms with Crippen molar-refractivity contribution in [2.75, 3.05) is 6.54 Å². The molecule has 106 valence electrons. The van der Waals surface area contributed by atoms with Crippen molar-refractivity contribution in [2.24, 2.45) is 10.9 Å². The number of aromatic nitrogens is 2. The smallest absolute Gasteiger partial charge is 0.223 e. The number of nitrogens with one attached hydrogen (secondary N) is 1. The van der Waals surface area contributed by atoms with Crippen LogP contribution < -0.4 is 11.1 Å². The second-order valence-corrected chi connectivity index (χ2v) is 4.30. The summed E-state index contributed by atoms with van der Waals surface area (Å²) in [5.74, 6) is 1.35. The lowest BCUT2D eigenvalue weighted by Gasteiger charge is -2.08. The molecule has 7 nitrogen and oxygen atoms in total. The van der Waals surface area contributed by atoms with E-state index in [0.717, 1.165) is 11.1 Å². The number of oxime groups is 1. The normalized spacial score (nSPS) is 11.8. The summed E-state index contributed by atoms with van der Waals surface area (Å²) in [4.78, 5) is 4.12. The minimum Gasteiger partial charge on any atom is -0.409 e. The van der Waals surface area contributed by atoms with Gasteiger partial charge >= 0.3 is 0 Å². The van der Waals surface area contributed by atoms with Gasteiger partial charge in [0.15, 0.2) is 11.7 Å². The first-order valence-corrected chi connectivity index (χ1v) is 6.26. The van der Waals surface area contributed by atoms with Gasteiger partial charge in [0, 0.05) is 32.0 Å². The predicted molar refractivity (Wildman–Crippen MR) is 73.4 cm³/mol. The van der Waals surface area contributed by atoms with Crippen LogP contribution in [-0.2, 0) is 13.0 Å². The molecule has 0 amide bonds. The van der Waals surface area contributed by atoms with Crippen molar-refractivity contribution >= 4 is 5.84 Å². The van der Waals surface area contributed by atoms with Crippen LogP contribution in [-0.4, -0.2) is 27.7 Å². The molecule has 1 heterocycles. The van der Waals surface area contributed by atoms with E-state index in [1.807, 2.05) is 24.3 Å². The molecule has 0 saturated carbocycles. The Balaban J connectivity index is 1.88. The van der Waals surface area contributed by atoms with Crippen LogP contribution in [0.15, 0.2) is 33.9 Å². The molecule has 0 radical (unpaired) electrons. The van der Waals surface area contributed by atoms with E-state index in [-0.39, 0.29) is 5.84 Å². The van der Waals surface area contributed by atoms with Crippen LogP contribution in [0.25, 0.3) is 0 Å². The lowest BCUT2D eigenvalue weighted by atomic mass is 10.1. The van der Waals surface area contributed by atoms with E-state index in [1.54, 1.807) is 6.92 Å². The second kappa shape index (κ2) is 6.67. The summed E-state index contributed by atoms with van der Waals surface area (Å²) in [7, 11) is 0. The summed E-state index contributed by atoms with van der Waals surface area (Å²) in [6.07, 6.45) is 0.684. The number of nitrogens with two attached hydrogens (primary N) is 1. The number of hydrogen-bond donors (Lipinski definition) is 3. The zero-order valence-electron chi connectivity index (χ0n) is 11.2. The topological polar surface area (TPSA) is 110 Å². The summed E-state index contributed by atoms with van der Waals surface area (Å²) in [6, 6.07) is 7.50. The van der Waals surface area contributed by atoms with Crippen LogP contribution in [0.1, 0.15) is 22.8 Å². The van der Waals surface area contributed by atoms with Gasteiger partial charge in [-0.25, -0.2) is 0 Å². The summed E-state index contributed by atoms with van der Waals surface area (Å²) in [5, 5.41) is 18.9. The van der Waals surface area contributed by atoms with Crippen LogP contribution in [0.2, 0.25) is 0 Å². The highest BCUT2D eigenvalue weighted by Crippen LogP contribution is 2.08. The molecular formula is C13H17N5O2. The molecule has 0 atom stereocenters. The summed E-state index contributed by atoms with van der Waals surface area (Å²) in [6.45, 7) is 3.09.